The zero-order valence-corrected chi connectivity index (χ0v) is 14.5. The van der Waals surface area contributed by atoms with Gasteiger partial charge in [0.05, 0.1) is 11.0 Å². The van der Waals surface area contributed by atoms with Gasteiger partial charge in [-0.2, -0.15) is 0 Å². The third kappa shape index (κ3) is 3.81. The number of carboxylic acid groups (broad SMARTS) is 1. The number of hydrogen-bond donors (Lipinski definition) is 2. The number of aromatic nitrogens is 2. The second-order valence-corrected chi connectivity index (χ2v) is 7.03. The Hall–Kier alpha value is -2.83. The molecule has 0 spiro atoms. The van der Waals surface area contributed by atoms with Crippen molar-refractivity contribution in [1.82, 2.24) is 14.9 Å². The fraction of sp³-hybridized carbons (Fsp3) is 0.389. The maximum atomic E-state index is 12.1. The molecule has 0 saturated heterocycles. The van der Waals surface area contributed by atoms with Crippen molar-refractivity contribution in [3.63, 3.8) is 0 Å². The molecule has 1 aromatic heterocycles. The van der Waals surface area contributed by atoms with Gasteiger partial charge in [0.15, 0.2) is 0 Å². The monoisotopic (exact) mass is 343 g/mol. The molecule has 0 fully saturated rings. The van der Waals surface area contributed by atoms with Crippen LogP contribution in [-0.2, 0) is 4.74 Å². The lowest BCUT2D eigenvalue weighted by Gasteiger charge is -2.29. The van der Waals surface area contributed by atoms with Gasteiger partial charge in [-0.15, -0.1) is 0 Å². The lowest BCUT2D eigenvalue weighted by atomic mass is 9.99. The summed E-state index contributed by atoms with van der Waals surface area (Å²) in [6.07, 6.45) is 2.40. The molecule has 2 aromatic rings. The van der Waals surface area contributed by atoms with Gasteiger partial charge in [0.1, 0.15) is 5.60 Å². The molecule has 0 radical (unpaired) electrons. The Bertz CT molecular complexity index is 861. The van der Waals surface area contributed by atoms with E-state index in [1.54, 1.807) is 4.90 Å². The van der Waals surface area contributed by atoms with Gasteiger partial charge in [-0.25, -0.2) is 14.6 Å². The molecule has 3 rings (SSSR count). The summed E-state index contributed by atoms with van der Waals surface area (Å²) in [4.78, 5) is 31.6. The summed E-state index contributed by atoms with van der Waals surface area (Å²) in [5.74, 6) is -1.15. The summed E-state index contributed by atoms with van der Waals surface area (Å²) >= 11 is 0. The number of benzene rings is 1. The molecule has 0 saturated carbocycles. The van der Waals surface area contributed by atoms with Crippen LogP contribution >= 0.6 is 0 Å². The molecular formula is C18H21N3O4. The highest BCUT2D eigenvalue weighted by Gasteiger charge is 2.24. The fourth-order valence-corrected chi connectivity index (χ4v) is 2.73. The normalized spacial score (nSPS) is 15.2. The Morgan fingerprint density at radius 2 is 2.08 bits per heavy atom. The van der Waals surface area contributed by atoms with Crippen LogP contribution < -0.4 is 0 Å². The highest BCUT2D eigenvalue weighted by Crippen LogP contribution is 2.26. The smallest absolute Gasteiger partial charge is 0.410 e. The standard InChI is InChI=1S/C18H21N3O4/c1-18(2,3)25-17(24)21-8-6-11(7-9-21)12-4-5-13-14(10-12)20-15(19-13)16(22)23/h4-6,10H,7-9H2,1-3H3,(H,19,20)(H,22,23). The highest BCUT2D eigenvalue weighted by atomic mass is 16.6. The predicted molar refractivity (Wildman–Crippen MR) is 93.5 cm³/mol. The van der Waals surface area contributed by atoms with E-state index < -0.39 is 11.6 Å². The summed E-state index contributed by atoms with van der Waals surface area (Å²) in [5.41, 5.74) is 2.90. The fourth-order valence-electron chi connectivity index (χ4n) is 2.73. The lowest BCUT2D eigenvalue weighted by Crippen LogP contribution is -2.39. The number of nitrogens with zero attached hydrogens (tertiary/aromatic N) is 2. The van der Waals surface area contributed by atoms with Crippen molar-refractivity contribution in [1.29, 1.82) is 0 Å². The van der Waals surface area contributed by atoms with Crippen LogP contribution in [-0.4, -0.2) is 50.7 Å². The average molecular weight is 343 g/mol. The number of amides is 1. The van der Waals surface area contributed by atoms with Crippen LogP contribution in [0.4, 0.5) is 4.79 Å². The SMILES string of the molecule is CC(C)(C)OC(=O)N1CC=C(c2ccc3[nH]c(C(=O)O)nc3c2)CC1. The second-order valence-electron chi connectivity index (χ2n) is 7.03. The molecule has 1 aliphatic heterocycles. The molecule has 2 heterocycles. The quantitative estimate of drug-likeness (QED) is 0.872. The number of imidazole rings is 1. The van der Waals surface area contributed by atoms with Crippen molar-refractivity contribution < 1.29 is 19.4 Å². The zero-order chi connectivity index (χ0) is 18.2. The van der Waals surface area contributed by atoms with Crippen molar-refractivity contribution in [2.45, 2.75) is 32.8 Å². The van der Waals surface area contributed by atoms with Crippen molar-refractivity contribution in [2.75, 3.05) is 13.1 Å². The van der Waals surface area contributed by atoms with E-state index >= 15 is 0 Å². The van der Waals surface area contributed by atoms with E-state index in [2.05, 4.69) is 9.97 Å². The number of ether oxygens (including phenoxy) is 1. The molecule has 1 aromatic carbocycles. The Balaban J connectivity index is 1.76. The minimum atomic E-state index is -1.08. The molecule has 1 amide bonds. The predicted octanol–water partition coefficient (Wildman–Crippen LogP) is 3.29. The van der Waals surface area contributed by atoms with Crippen molar-refractivity contribution >= 4 is 28.7 Å². The van der Waals surface area contributed by atoms with E-state index in [-0.39, 0.29) is 11.9 Å². The second kappa shape index (κ2) is 6.23. The van der Waals surface area contributed by atoms with Gasteiger partial charge < -0.3 is 19.7 Å². The summed E-state index contributed by atoms with van der Waals surface area (Å²) in [7, 11) is 0. The Morgan fingerprint density at radius 3 is 2.68 bits per heavy atom. The molecule has 7 heteroatoms. The van der Waals surface area contributed by atoms with Crippen molar-refractivity contribution in [3.05, 3.63) is 35.7 Å². The minimum absolute atomic E-state index is 0.0686. The first kappa shape index (κ1) is 17.0. The van der Waals surface area contributed by atoms with Crippen LogP contribution in [0.2, 0.25) is 0 Å². The van der Waals surface area contributed by atoms with Crippen molar-refractivity contribution in [3.8, 4) is 0 Å². The molecule has 0 bridgehead atoms. The van der Waals surface area contributed by atoms with Gasteiger partial charge in [0.2, 0.25) is 5.82 Å². The largest absolute Gasteiger partial charge is 0.475 e. The van der Waals surface area contributed by atoms with Crippen LogP contribution in [0, 0.1) is 0 Å². The number of aromatic amines is 1. The van der Waals surface area contributed by atoms with Crippen LogP contribution in [0.25, 0.3) is 16.6 Å². The van der Waals surface area contributed by atoms with Gasteiger partial charge in [-0.1, -0.05) is 12.1 Å². The summed E-state index contributed by atoms with van der Waals surface area (Å²) < 4.78 is 5.39. The molecule has 25 heavy (non-hydrogen) atoms. The van der Waals surface area contributed by atoms with E-state index in [1.807, 2.05) is 45.0 Å². The van der Waals surface area contributed by atoms with Crippen LogP contribution in [0.3, 0.4) is 0 Å². The topological polar surface area (TPSA) is 95.5 Å². The van der Waals surface area contributed by atoms with Gasteiger partial charge in [-0.3, -0.25) is 0 Å². The molecule has 2 N–H and O–H groups in total. The molecular weight excluding hydrogens is 322 g/mol. The van der Waals surface area contributed by atoms with Crippen LogP contribution in [0.1, 0.15) is 43.4 Å². The van der Waals surface area contributed by atoms with E-state index in [1.165, 1.54) is 0 Å². The molecule has 0 unspecified atom stereocenters. The first-order valence-corrected chi connectivity index (χ1v) is 8.13. The summed E-state index contributed by atoms with van der Waals surface area (Å²) in [6.45, 7) is 6.62. The van der Waals surface area contributed by atoms with Crippen LogP contribution in [0.15, 0.2) is 24.3 Å². The number of fused-ring (bicyclic) bond motifs is 1. The number of nitrogens with one attached hydrogen (secondary N) is 1. The Labute approximate surface area is 145 Å². The lowest BCUT2D eigenvalue weighted by molar-refractivity contribution is 0.0270. The average Bonchev–Trinajstić information content (AvgIpc) is 2.97. The van der Waals surface area contributed by atoms with Gasteiger partial charge in [0.25, 0.3) is 0 Å². The van der Waals surface area contributed by atoms with Crippen molar-refractivity contribution in [2.24, 2.45) is 0 Å². The summed E-state index contributed by atoms with van der Waals surface area (Å²) in [5, 5.41) is 9.01. The van der Waals surface area contributed by atoms with E-state index in [9.17, 15) is 9.59 Å². The number of H-pyrrole nitrogens is 1. The molecule has 0 atom stereocenters. The number of rotatable bonds is 2. The number of aromatic carboxylic acids is 1. The first-order valence-electron chi connectivity index (χ1n) is 8.13. The third-order valence-corrected chi connectivity index (χ3v) is 3.92. The minimum Gasteiger partial charge on any atom is -0.475 e. The maximum absolute atomic E-state index is 12.1. The Morgan fingerprint density at radius 1 is 1.32 bits per heavy atom. The maximum Gasteiger partial charge on any atom is 0.410 e. The number of carbonyl (C=O) groups is 2. The van der Waals surface area contributed by atoms with Crippen LogP contribution in [0.5, 0.6) is 0 Å². The van der Waals surface area contributed by atoms with E-state index in [0.29, 0.717) is 30.5 Å². The number of carboxylic acids is 1. The van der Waals surface area contributed by atoms with Gasteiger partial charge in [-0.05, 0) is 50.5 Å². The third-order valence-electron chi connectivity index (χ3n) is 3.92. The molecule has 0 aliphatic carbocycles. The molecule has 7 nitrogen and oxygen atoms in total. The summed E-state index contributed by atoms with van der Waals surface area (Å²) in [6, 6.07) is 5.62. The van der Waals surface area contributed by atoms with Gasteiger partial charge in [0, 0.05) is 13.1 Å². The first-order chi connectivity index (χ1) is 11.7. The van der Waals surface area contributed by atoms with Gasteiger partial charge >= 0.3 is 12.1 Å². The number of hydrogen-bond acceptors (Lipinski definition) is 4. The number of carbonyl (C=O) groups excluding carboxylic acids is 1. The molecule has 132 valence electrons. The van der Waals surface area contributed by atoms with E-state index in [0.717, 1.165) is 11.1 Å². The Kier molecular flexibility index (Phi) is 4.24. The highest BCUT2D eigenvalue weighted by molar-refractivity contribution is 5.90. The zero-order valence-electron chi connectivity index (χ0n) is 14.5. The van der Waals surface area contributed by atoms with E-state index in [4.69, 9.17) is 9.84 Å². The molecule has 1 aliphatic rings.